The molecule has 0 aromatic heterocycles. The number of alkyl halides is 1. The Kier molecular flexibility index (Phi) is 2.51. The topological polar surface area (TPSA) is 3.24 Å². The van der Waals surface area contributed by atoms with E-state index >= 15 is 0 Å². The molecule has 3 rings (SSSR count). The third kappa shape index (κ3) is 1.46. The van der Waals surface area contributed by atoms with Gasteiger partial charge in [0.1, 0.15) is 6.17 Å². The van der Waals surface area contributed by atoms with Gasteiger partial charge in [0.25, 0.3) is 0 Å². The van der Waals surface area contributed by atoms with Crippen LogP contribution < -0.4 is 0 Å². The summed E-state index contributed by atoms with van der Waals surface area (Å²) in [5.74, 6) is 1.69. The van der Waals surface area contributed by atoms with Crippen LogP contribution in [0.15, 0.2) is 0 Å². The summed E-state index contributed by atoms with van der Waals surface area (Å²) in [7, 11) is 0. The zero-order valence-corrected chi connectivity index (χ0v) is 10.1. The van der Waals surface area contributed by atoms with Gasteiger partial charge < -0.3 is 0 Å². The maximum absolute atomic E-state index is 13.6. The Morgan fingerprint density at radius 3 is 2.87 bits per heavy atom. The van der Waals surface area contributed by atoms with E-state index in [-0.39, 0.29) is 5.54 Å². The Bertz CT molecular complexity index is 260. The van der Waals surface area contributed by atoms with E-state index in [1.165, 1.54) is 32.1 Å². The van der Waals surface area contributed by atoms with Crippen LogP contribution in [-0.2, 0) is 0 Å². The molecule has 3 aliphatic rings. The molecule has 1 saturated carbocycles. The Labute approximate surface area is 96.8 Å². The highest BCUT2D eigenvalue weighted by Crippen LogP contribution is 2.51. The van der Waals surface area contributed by atoms with Gasteiger partial charge in [0.2, 0.25) is 0 Å². The number of thiol groups is 1. The molecule has 0 aromatic rings. The summed E-state index contributed by atoms with van der Waals surface area (Å²) < 4.78 is 13.6. The minimum absolute atomic E-state index is 0.127. The van der Waals surface area contributed by atoms with Crippen LogP contribution in [0, 0.1) is 5.92 Å². The molecule has 4 atom stereocenters. The van der Waals surface area contributed by atoms with E-state index in [2.05, 4.69) is 17.5 Å². The van der Waals surface area contributed by atoms with Gasteiger partial charge in [-0.15, -0.1) is 0 Å². The Morgan fingerprint density at radius 1 is 1.27 bits per heavy atom. The maximum atomic E-state index is 13.6. The van der Waals surface area contributed by atoms with Crippen LogP contribution >= 0.6 is 12.6 Å². The monoisotopic (exact) mass is 229 g/mol. The first-order valence-electron chi connectivity index (χ1n) is 6.27. The fourth-order valence-electron chi connectivity index (χ4n) is 4.23. The fraction of sp³-hybridized carbons (Fsp3) is 1.00. The van der Waals surface area contributed by atoms with Crippen LogP contribution in [0.5, 0.6) is 0 Å². The minimum Gasteiger partial charge on any atom is -0.291 e. The van der Waals surface area contributed by atoms with Gasteiger partial charge in [-0.25, -0.2) is 4.39 Å². The summed E-state index contributed by atoms with van der Waals surface area (Å²) in [5, 5.41) is 0. The van der Waals surface area contributed by atoms with Crippen LogP contribution in [0.25, 0.3) is 0 Å². The number of hydrogen-bond donors (Lipinski definition) is 1. The molecular weight excluding hydrogens is 209 g/mol. The number of rotatable bonds is 1. The van der Waals surface area contributed by atoms with Gasteiger partial charge in [0.15, 0.2) is 0 Å². The van der Waals surface area contributed by atoms with E-state index in [1.807, 2.05) is 0 Å². The average Bonchev–Trinajstić information content (AvgIpc) is 2.70. The van der Waals surface area contributed by atoms with Gasteiger partial charge in [-0.3, -0.25) is 4.90 Å². The van der Waals surface area contributed by atoms with Gasteiger partial charge in [-0.1, -0.05) is 12.8 Å². The van der Waals surface area contributed by atoms with Crippen LogP contribution in [0.1, 0.15) is 38.5 Å². The molecule has 3 fully saturated rings. The summed E-state index contributed by atoms with van der Waals surface area (Å²) >= 11 is 4.49. The predicted molar refractivity (Wildman–Crippen MR) is 63.2 cm³/mol. The second kappa shape index (κ2) is 3.63. The fourth-order valence-corrected chi connectivity index (χ4v) is 4.67. The lowest BCUT2D eigenvalue weighted by atomic mass is 9.82. The van der Waals surface area contributed by atoms with E-state index in [0.29, 0.717) is 12.6 Å². The van der Waals surface area contributed by atoms with Crippen molar-refractivity contribution < 1.29 is 4.39 Å². The van der Waals surface area contributed by atoms with E-state index in [9.17, 15) is 4.39 Å². The van der Waals surface area contributed by atoms with Crippen molar-refractivity contribution in [3.05, 3.63) is 0 Å². The summed E-state index contributed by atoms with van der Waals surface area (Å²) in [5.41, 5.74) is 0.127. The van der Waals surface area contributed by atoms with E-state index in [1.54, 1.807) is 0 Å². The molecular formula is C12H20FNS. The molecule has 1 nitrogen and oxygen atoms in total. The average molecular weight is 229 g/mol. The van der Waals surface area contributed by atoms with E-state index < -0.39 is 6.17 Å². The first kappa shape index (κ1) is 10.4. The predicted octanol–water partition coefficient (Wildman–Crippen LogP) is 2.66. The van der Waals surface area contributed by atoms with Gasteiger partial charge >= 0.3 is 0 Å². The molecule has 15 heavy (non-hydrogen) atoms. The van der Waals surface area contributed by atoms with E-state index in [0.717, 1.165) is 18.1 Å². The second-order valence-corrected chi connectivity index (χ2v) is 5.97. The van der Waals surface area contributed by atoms with Crippen LogP contribution in [0.2, 0.25) is 0 Å². The summed E-state index contributed by atoms with van der Waals surface area (Å²) in [4.78, 5) is 2.48. The molecule has 0 aromatic carbocycles. The lowest BCUT2D eigenvalue weighted by molar-refractivity contribution is 0.139. The summed E-state index contributed by atoms with van der Waals surface area (Å²) in [6, 6.07) is 0.687. The summed E-state index contributed by atoms with van der Waals surface area (Å²) in [6.07, 6.45) is 6.75. The second-order valence-electron chi connectivity index (χ2n) is 5.65. The highest BCUT2D eigenvalue weighted by atomic mass is 32.1. The Hall–Kier alpha value is 0.240. The molecule has 2 aliphatic heterocycles. The molecule has 0 amide bonds. The number of hydrogen-bond acceptors (Lipinski definition) is 2. The van der Waals surface area contributed by atoms with Crippen LogP contribution in [0.3, 0.4) is 0 Å². The first-order chi connectivity index (χ1) is 7.25. The third-order valence-corrected chi connectivity index (χ3v) is 5.40. The molecule has 0 radical (unpaired) electrons. The molecule has 86 valence electrons. The van der Waals surface area contributed by atoms with Crippen molar-refractivity contribution in [2.24, 2.45) is 5.92 Å². The van der Waals surface area contributed by atoms with Gasteiger partial charge in [0.05, 0.1) is 0 Å². The largest absolute Gasteiger partial charge is 0.291 e. The van der Waals surface area contributed by atoms with Gasteiger partial charge in [-0.05, 0) is 31.6 Å². The number of fused-ring (bicyclic) bond motifs is 3. The van der Waals surface area contributed by atoms with Crippen LogP contribution in [-0.4, -0.2) is 34.9 Å². The molecule has 0 bridgehead atoms. The van der Waals surface area contributed by atoms with Crippen molar-refractivity contribution in [2.45, 2.75) is 56.3 Å². The normalized spacial score (nSPS) is 50.4. The van der Waals surface area contributed by atoms with Crippen LogP contribution in [0.4, 0.5) is 4.39 Å². The summed E-state index contributed by atoms with van der Waals surface area (Å²) in [6.45, 7) is 0.682. The minimum atomic E-state index is -0.597. The van der Waals surface area contributed by atoms with Crippen molar-refractivity contribution in [2.75, 3.05) is 12.3 Å². The maximum Gasteiger partial charge on any atom is 0.115 e. The lowest BCUT2D eigenvalue weighted by Crippen LogP contribution is -2.44. The van der Waals surface area contributed by atoms with Crippen molar-refractivity contribution in [3.63, 3.8) is 0 Å². The molecule has 1 aliphatic carbocycles. The van der Waals surface area contributed by atoms with Gasteiger partial charge in [-0.2, -0.15) is 12.6 Å². The zero-order chi connectivity index (χ0) is 10.5. The molecule has 3 heteroatoms. The van der Waals surface area contributed by atoms with Crippen molar-refractivity contribution >= 4 is 12.6 Å². The standard InChI is InChI=1S/C12H20FNS/c13-10-6-12(8-15)5-9-3-1-2-4-11(9)14(12)7-10/h9-11,15H,1-8H2/t9-,10-,11-,12-/m1/s1. The first-order valence-corrected chi connectivity index (χ1v) is 6.90. The van der Waals surface area contributed by atoms with Crippen molar-refractivity contribution in [1.29, 1.82) is 0 Å². The lowest BCUT2D eigenvalue weighted by Gasteiger charge is -2.34. The van der Waals surface area contributed by atoms with Gasteiger partial charge in [0, 0.05) is 23.9 Å². The Balaban J connectivity index is 1.86. The van der Waals surface area contributed by atoms with E-state index in [4.69, 9.17) is 0 Å². The molecule has 0 N–H and O–H groups in total. The number of halogens is 1. The molecule has 0 spiro atoms. The quantitative estimate of drug-likeness (QED) is 0.677. The third-order valence-electron chi connectivity index (χ3n) is 4.81. The zero-order valence-electron chi connectivity index (χ0n) is 9.16. The van der Waals surface area contributed by atoms with Crippen molar-refractivity contribution in [3.8, 4) is 0 Å². The molecule has 2 saturated heterocycles. The number of nitrogens with zero attached hydrogens (tertiary/aromatic N) is 1. The molecule has 0 unspecified atom stereocenters. The highest BCUT2D eigenvalue weighted by Gasteiger charge is 2.55. The highest BCUT2D eigenvalue weighted by molar-refractivity contribution is 7.80. The SMILES string of the molecule is F[C@H]1CN2[C@@H]3CCCC[C@@H]3C[C@]2(CS)C1. The smallest absolute Gasteiger partial charge is 0.115 e. The Morgan fingerprint density at radius 2 is 2.07 bits per heavy atom. The van der Waals surface area contributed by atoms with Crippen molar-refractivity contribution in [1.82, 2.24) is 4.90 Å². The molecule has 2 heterocycles.